The summed E-state index contributed by atoms with van der Waals surface area (Å²) in [5.74, 6) is 0. The number of benzene rings is 2. The SMILES string of the molecule is CCC[N+](CC)(CC)CC.O=S(=O)(c1ccc2c(c1S(=O)(=O)C(F)(F)F)Cc1ccccc1-2)C(F)(F)F. The molecule has 0 spiro atoms. The Labute approximate surface area is 213 Å². The fourth-order valence-electron chi connectivity index (χ4n) is 4.53. The highest BCUT2D eigenvalue weighted by Gasteiger charge is 2.55. The number of alkyl halides is 6. The zero-order valence-corrected chi connectivity index (χ0v) is 22.5. The van der Waals surface area contributed by atoms with Gasteiger partial charge in [0.1, 0.15) is 0 Å². The van der Waals surface area contributed by atoms with Gasteiger partial charge in [-0.15, -0.1) is 0 Å². The van der Waals surface area contributed by atoms with E-state index in [9.17, 15) is 43.2 Å². The van der Waals surface area contributed by atoms with E-state index in [1.165, 1.54) is 61.3 Å². The lowest BCUT2D eigenvalue weighted by molar-refractivity contribution is -0.923. The number of hydrogen-bond acceptors (Lipinski definition) is 4. The van der Waals surface area contributed by atoms with Gasteiger partial charge in [0.05, 0.1) is 36.0 Å². The van der Waals surface area contributed by atoms with Crippen LogP contribution in [-0.2, 0) is 26.1 Å². The molecule has 5 nitrogen and oxygen atoms in total. The molecule has 208 valence electrons. The Bertz CT molecular complexity index is 1320. The van der Waals surface area contributed by atoms with Crippen LogP contribution in [0.5, 0.6) is 0 Å². The zero-order valence-electron chi connectivity index (χ0n) is 20.9. The molecule has 0 atom stereocenters. The van der Waals surface area contributed by atoms with Crippen molar-refractivity contribution < 1.29 is 47.7 Å². The molecule has 2 aromatic carbocycles. The van der Waals surface area contributed by atoms with Crippen LogP contribution in [0, 0.1) is 0 Å². The van der Waals surface area contributed by atoms with E-state index in [2.05, 4.69) is 27.7 Å². The quantitative estimate of drug-likeness (QED) is 0.252. The number of rotatable bonds is 7. The van der Waals surface area contributed by atoms with E-state index in [1.54, 1.807) is 0 Å². The van der Waals surface area contributed by atoms with Crippen molar-refractivity contribution in [2.75, 3.05) is 26.2 Å². The molecule has 2 aromatic rings. The molecule has 0 saturated carbocycles. The van der Waals surface area contributed by atoms with Crippen molar-refractivity contribution in [1.29, 1.82) is 0 Å². The molecule has 0 aromatic heterocycles. The van der Waals surface area contributed by atoms with Crippen molar-refractivity contribution in [2.45, 2.75) is 61.3 Å². The number of fused-ring (bicyclic) bond motifs is 3. The van der Waals surface area contributed by atoms with Crippen LogP contribution in [-0.4, -0.2) is 58.5 Å². The van der Waals surface area contributed by atoms with Gasteiger partial charge in [0.2, 0.25) is 0 Å². The summed E-state index contributed by atoms with van der Waals surface area (Å²) in [5, 5.41) is 0. The average Bonchev–Trinajstić information content (AvgIpc) is 3.19. The molecule has 0 heterocycles. The van der Waals surface area contributed by atoms with Crippen LogP contribution in [0.1, 0.15) is 45.2 Å². The van der Waals surface area contributed by atoms with Gasteiger partial charge in [-0.3, -0.25) is 0 Å². The maximum atomic E-state index is 13.1. The summed E-state index contributed by atoms with van der Waals surface area (Å²) in [5.41, 5.74) is -11.9. The maximum absolute atomic E-state index is 13.1. The van der Waals surface area contributed by atoms with E-state index in [1.807, 2.05) is 0 Å². The van der Waals surface area contributed by atoms with E-state index < -0.39 is 52.5 Å². The van der Waals surface area contributed by atoms with Gasteiger partial charge in [-0.05, 0) is 55.5 Å². The Morgan fingerprint density at radius 2 is 1.24 bits per heavy atom. The van der Waals surface area contributed by atoms with E-state index in [0.717, 1.165) is 6.07 Å². The number of halogens is 6. The van der Waals surface area contributed by atoms with Gasteiger partial charge in [0, 0.05) is 6.42 Å². The number of nitrogens with zero attached hydrogens (tertiary/aromatic N) is 1. The summed E-state index contributed by atoms with van der Waals surface area (Å²) >= 11 is 0. The number of hydrogen-bond donors (Lipinski definition) is 0. The van der Waals surface area contributed by atoms with Crippen molar-refractivity contribution in [1.82, 2.24) is 0 Å². The van der Waals surface area contributed by atoms with Crippen LogP contribution in [0.15, 0.2) is 46.2 Å². The number of quaternary nitrogens is 1. The fourth-order valence-corrected chi connectivity index (χ4v) is 7.12. The summed E-state index contributed by atoms with van der Waals surface area (Å²) in [6.45, 7) is 14.4. The molecular formula is C24H30F6NO4S2+. The van der Waals surface area contributed by atoms with Gasteiger partial charge < -0.3 is 4.48 Å². The molecule has 0 unspecified atom stereocenters. The number of sulfone groups is 2. The topological polar surface area (TPSA) is 68.3 Å². The molecule has 0 amide bonds. The van der Waals surface area contributed by atoms with Crippen molar-refractivity contribution in [3.05, 3.63) is 47.5 Å². The van der Waals surface area contributed by atoms with E-state index >= 15 is 0 Å². The third kappa shape index (κ3) is 5.83. The molecule has 3 rings (SSSR count). The van der Waals surface area contributed by atoms with E-state index in [0.29, 0.717) is 11.1 Å². The summed E-state index contributed by atoms with van der Waals surface area (Å²) in [4.78, 5) is -3.81. The molecule has 0 radical (unpaired) electrons. The third-order valence-corrected chi connectivity index (χ3v) is 10.0. The van der Waals surface area contributed by atoms with Crippen molar-refractivity contribution >= 4 is 19.7 Å². The maximum Gasteiger partial charge on any atom is 0.501 e. The molecule has 0 N–H and O–H groups in total. The predicted octanol–water partition coefficient (Wildman–Crippen LogP) is 6.12. The highest BCUT2D eigenvalue weighted by atomic mass is 32.2. The second-order valence-electron chi connectivity index (χ2n) is 8.67. The monoisotopic (exact) mass is 574 g/mol. The highest BCUT2D eigenvalue weighted by Crippen LogP contribution is 2.47. The molecule has 0 bridgehead atoms. The summed E-state index contributed by atoms with van der Waals surface area (Å²) in [6, 6.07) is 7.06. The first-order chi connectivity index (χ1) is 16.9. The molecule has 0 aliphatic heterocycles. The minimum absolute atomic E-state index is 0.0606. The van der Waals surface area contributed by atoms with Crippen molar-refractivity contribution in [3.63, 3.8) is 0 Å². The summed E-state index contributed by atoms with van der Waals surface area (Å²) in [7, 11) is -12.7. The first-order valence-electron chi connectivity index (χ1n) is 11.7. The van der Waals surface area contributed by atoms with Crippen LogP contribution in [0.2, 0.25) is 0 Å². The molecule has 1 aliphatic rings. The molecule has 0 fully saturated rings. The molecule has 1 aliphatic carbocycles. The predicted molar refractivity (Wildman–Crippen MR) is 128 cm³/mol. The Morgan fingerprint density at radius 3 is 1.68 bits per heavy atom. The summed E-state index contributed by atoms with van der Waals surface area (Å²) < 4.78 is 127. The molecule has 0 saturated heterocycles. The van der Waals surface area contributed by atoms with Crippen LogP contribution < -0.4 is 0 Å². The second-order valence-corrected chi connectivity index (χ2v) is 12.5. The lowest BCUT2D eigenvalue weighted by Crippen LogP contribution is -2.47. The van der Waals surface area contributed by atoms with Gasteiger partial charge in [-0.25, -0.2) is 16.8 Å². The largest absolute Gasteiger partial charge is 0.501 e. The molecule has 13 heteroatoms. The minimum Gasteiger partial charge on any atom is -0.324 e. The average molecular weight is 575 g/mol. The first-order valence-corrected chi connectivity index (χ1v) is 14.6. The third-order valence-electron chi connectivity index (χ3n) is 6.78. The van der Waals surface area contributed by atoms with Gasteiger partial charge in [0.25, 0.3) is 19.7 Å². The highest BCUT2D eigenvalue weighted by molar-refractivity contribution is 7.95. The summed E-state index contributed by atoms with van der Waals surface area (Å²) in [6.07, 6.45) is 0.868. The van der Waals surface area contributed by atoms with Gasteiger partial charge >= 0.3 is 11.0 Å². The second kappa shape index (κ2) is 10.9. The Hall–Kier alpha value is -2.12. The van der Waals surface area contributed by atoms with Gasteiger partial charge in [-0.1, -0.05) is 37.3 Å². The smallest absolute Gasteiger partial charge is 0.324 e. The van der Waals surface area contributed by atoms with Crippen molar-refractivity contribution in [3.8, 4) is 11.1 Å². The van der Waals surface area contributed by atoms with Crippen LogP contribution in [0.4, 0.5) is 26.3 Å². The van der Waals surface area contributed by atoms with Crippen LogP contribution >= 0.6 is 0 Å². The van der Waals surface area contributed by atoms with Crippen LogP contribution in [0.3, 0.4) is 0 Å². The zero-order chi connectivity index (χ0) is 28.4. The minimum atomic E-state index is -6.37. The Kier molecular flexibility index (Phi) is 9.19. The Balaban J connectivity index is 0.000000410. The Morgan fingerprint density at radius 1 is 0.730 bits per heavy atom. The molecular weight excluding hydrogens is 544 g/mol. The van der Waals surface area contributed by atoms with E-state index in [4.69, 9.17) is 0 Å². The fraction of sp³-hybridized carbons (Fsp3) is 0.500. The normalized spacial score (nSPS) is 14.0. The lowest BCUT2D eigenvalue weighted by atomic mass is 10.1. The van der Waals surface area contributed by atoms with Gasteiger partial charge in [0.15, 0.2) is 0 Å². The van der Waals surface area contributed by atoms with Gasteiger partial charge in [-0.2, -0.15) is 26.3 Å². The van der Waals surface area contributed by atoms with Crippen LogP contribution in [0.25, 0.3) is 11.1 Å². The van der Waals surface area contributed by atoms with Crippen molar-refractivity contribution in [2.24, 2.45) is 0 Å². The van der Waals surface area contributed by atoms with E-state index in [-0.39, 0.29) is 11.6 Å². The lowest BCUT2D eigenvalue weighted by Gasteiger charge is -2.35. The first kappa shape index (κ1) is 31.1. The standard InChI is InChI=1S/C15H8F6O4S2.C9H22N/c16-14(17,18)26(22,23)12-6-5-10-9-4-2-1-3-8(9)7-11(10)13(12)27(24,25)15(19,20)21;1-5-9-10(6-2,7-3)8-4/h1-6H,7H2;5-9H2,1-4H3/q;+1. The molecule has 37 heavy (non-hydrogen) atoms.